The fraction of sp³-hybridized carbons (Fsp3) is 0.588. The lowest BCUT2D eigenvalue weighted by Gasteiger charge is -2.28. The Bertz CT molecular complexity index is 730. The third kappa shape index (κ3) is 3.61. The molecule has 0 spiro atoms. The number of aliphatic hydroxyl groups is 2. The highest BCUT2D eigenvalue weighted by Gasteiger charge is 2.31. The number of thiazole rings is 1. The Morgan fingerprint density at radius 2 is 2.04 bits per heavy atom. The molecule has 1 unspecified atom stereocenters. The van der Waals surface area contributed by atoms with Gasteiger partial charge in [-0.15, -0.1) is 11.3 Å². The van der Waals surface area contributed by atoms with Crippen molar-refractivity contribution in [2.24, 2.45) is 5.92 Å². The Hall–Kier alpha value is -1.77. The monoisotopic (exact) mass is 365 g/mol. The van der Waals surface area contributed by atoms with Gasteiger partial charge < -0.3 is 19.6 Å². The van der Waals surface area contributed by atoms with Gasteiger partial charge >= 0.3 is 0 Å². The maximum Gasteiger partial charge on any atom is 0.226 e. The Morgan fingerprint density at radius 1 is 1.32 bits per heavy atom. The molecule has 0 bridgehead atoms. The first kappa shape index (κ1) is 18.0. The summed E-state index contributed by atoms with van der Waals surface area (Å²) < 4.78 is 5.23. The van der Waals surface area contributed by atoms with Gasteiger partial charge in [0.1, 0.15) is 10.8 Å². The van der Waals surface area contributed by atoms with E-state index in [-0.39, 0.29) is 38.1 Å². The lowest BCUT2D eigenvalue weighted by atomic mass is 9.89. The van der Waals surface area contributed by atoms with E-state index in [1.54, 1.807) is 11.3 Å². The van der Waals surface area contributed by atoms with Crippen molar-refractivity contribution >= 4 is 17.2 Å². The minimum absolute atomic E-state index is 0.0133. The van der Waals surface area contributed by atoms with Crippen LogP contribution < -0.4 is 0 Å². The molecule has 1 amide bonds. The fourth-order valence-electron chi connectivity index (χ4n) is 3.32. The molecule has 1 aliphatic carbocycles. The van der Waals surface area contributed by atoms with Crippen molar-refractivity contribution < 1.29 is 19.5 Å². The van der Waals surface area contributed by atoms with E-state index in [1.807, 2.05) is 13.8 Å². The number of amides is 1. The molecular weight excluding hydrogens is 342 g/mol. The summed E-state index contributed by atoms with van der Waals surface area (Å²) in [6, 6.07) is 0. The van der Waals surface area contributed by atoms with Crippen LogP contribution in [0.4, 0.5) is 0 Å². The van der Waals surface area contributed by atoms with Crippen molar-refractivity contribution in [3.63, 3.8) is 0 Å². The van der Waals surface area contributed by atoms with Gasteiger partial charge in [-0.05, 0) is 26.7 Å². The summed E-state index contributed by atoms with van der Waals surface area (Å²) >= 11 is 1.65. The van der Waals surface area contributed by atoms with Gasteiger partial charge in [0, 0.05) is 30.3 Å². The van der Waals surface area contributed by atoms with Gasteiger partial charge in [0.15, 0.2) is 0 Å². The lowest BCUT2D eigenvalue weighted by Crippen LogP contribution is -2.41. The highest BCUT2D eigenvalue weighted by Crippen LogP contribution is 2.37. The second-order valence-electron chi connectivity index (χ2n) is 6.30. The summed E-state index contributed by atoms with van der Waals surface area (Å²) in [6.45, 7) is 4.09. The zero-order valence-electron chi connectivity index (χ0n) is 14.5. The number of aromatic nitrogens is 2. The van der Waals surface area contributed by atoms with E-state index in [0.717, 1.165) is 40.6 Å². The number of carbonyl (C=O) groups is 1. The molecule has 7 nitrogen and oxygen atoms in total. The Labute approximate surface area is 150 Å². The van der Waals surface area contributed by atoms with Crippen LogP contribution in [0.5, 0.6) is 0 Å². The van der Waals surface area contributed by atoms with Crippen LogP contribution in [0.1, 0.15) is 28.4 Å². The quantitative estimate of drug-likeness (QED) is 0.801. The summed E-state index contributed by atoms with van der Waals surface area (Å²) in [5, 5.41) is 23.1. The van der Waals surface area contributed by atoms with Crippen LogP contribution in [0.2, 0.25) is 0 Å². The predicted molar refractivity (Wildman–Crippen MR) is 93.4 cm³/mol. The minimum Gasteiger partial charge on any atom is -0.395 e. The minimum atomic E-state index is -0.148. The van der Waals surface area contributed by atoms with Crippen molar-refractivity contribution in [2.75, 3.05) is 26.3 Å². The van der Waals surface area contributed by atoms with Crippen molar-refractivity contribution in [3.8, 4) is 10.6 Å². The Kier molecular flexibility index (Phi) is 5.51. The van der Waals surface area contributed by atoms with E-state index in [0.29, 0.717) is 6.42 Å². The first-order valence-corrected chi connectivity index (χ1v) is 9.29. The van der Waals surface area contributed by atoms with E-state index in [9.17, 15) is 4.79 Å². The lowest BCUT2D eigenvalue weighted by molar-refractivity contribution is -0.137. The second-order valence-corrected chi connectivity index (χ2v) is 7.38. The molecule has 0 fully saturated rings. The molecule has 1 aliphatic rings. The zero-order valence-corrected chi connectivity index (χ0v) is 15.3. The zero-order chi connectivity index (χ0) is 18.0. The first-order valence-electron chi connectivity index (χ1n) is 8.47. The summed E-state index contributed by atoms with van der Waals surface area (Å²) in [7, 11) is 0. The van der Waals surface area contributed by atoms with Crippen LogP contribution in [0.3, 0.4) is 0 Å². The maximum absolute atomic E-state index is 12.7. The largest absolute Gasteiger partial charge is 0.395 e. The van der Waals surface area contributed by atoms with E-state index < -0.39 is 0 Å². The molecule has 0 saturated carbocycles. The number of hydrogen-bond donors (Lipinski definition) is 2. The molecule has 0 radical (unpaired) electrons. The number of nitrogens with zero attached hydrogens (tertiary/aromatic N) is 3. The average molecular weight is 365 g/mol. The van der Waals surface area contributed by atoms with Gasteiger partial charge in [-0.2, -0.15) is 0 Å². The standard InChI is InChI=1S/C17H23N3O4S/c1-10-15(11(2)24-19-10)16-18-13-9-12(3-4-14(13)25-16)17(23)20(5-7-21)6-8-22/h12,21-22H,3-9H2,1-2H3. The molecule has 0 saturated heterocycles. The first-order chi connectivity index (χ1) is 12.0. The van der Waals surface area contributed by atoms with Crippen LogP contribution in [-0.4, -0.2) is 57.5 Å². The molecule has 0 aliphatic heterocycles. The van der Waals surface area contributed by atoms with Gasteiger partial charge in [0.2, 0.25) is 5.91 Å². The van der Waals surface area contributed by atoms with Crippen LogP contribution >= 0.6 is 11.3 Å². The molecule has 2 N–H and O–H groups in total. The van der Waals surface area contributed by atoms with Crippen LogP contribution in [0.25, 0.3) is 10.6 Å². The van der Waals surface area contributed by atoms with Gasteiger partial charge in [-0.3, -0.25) is 4.79 Å². The normalized spacial score (nSPS) is 16.7. The van der Waals surface area contributed by atoms with Gasteiger partial charge in [-0.25, -0.2) is 4.98 Å². The molecular formula is C17H23N3O4S. The number of hydrogen-bond acceptors (Lipinski definition) is 7. The molecule has 2 heterocycles. The maximum atomic E-state index is 12.7. The summed E-state index contributed by atoms with van der Waals surface area (Å²) in [4.78, 5) is 20.2. The smallest absolute Gasteiger partial charge is 0.226 e. The highest BCUT2D eigenvalue weighted by atomic mass is 32.1. The molecule has 2 aromatic rings. The third-order valence-electron chi connectivity index (χ3n) is 4.59. The van der Waals surface area contributed by atoms with E-state index in [4.69, 9.17) is 19.7 Å². The number of aliphatic hydroxyl groups excluding tert-OH is 2. The predicted octanol–water partition coefficient (Wildman–Crippen LogP) is 1.33. The Balaban J connectivity index is 1.79. The van der Waals surface area contributed by atoms with E-state index in [1.165, 1.54) is 9.78 Å². The van der Waals surface area contributed by atoms with Crippen molar-refractivity contribution in [3.05, 3.63) is 22.0 Å². The molecule has 0 aromatic carbocycles. The van der Waals surface area contributed by atoms with Crippen molar-refractivity contribution in [1.82, 2.24) is 15.0 Å². The van der Waals surface area contributed by atoms with E-state index >= 15 is 0 Å². The summed E-state index contributed by atoms with van der Waals surface area (Å²) in [5.74, 6) is 0.596. The molecule has 25 heavy (non-hydrogen) atoms. The van der Waals surface area contributed by atoms with Crippen LogP contribution in [0.15, 0.2) is 4.52 Å². The van der Waals surface area contributed by atoms with Crippen molar-refractivity contribution in [2.45, 2.75) is 33.1 Å². The number of fused-ring (bicyclic) bond motifs is 1. The second kappa shape index (κ2) is 7.63. The molecule has 3 rings (SSSR count). The molecule has 8 heteroatoms. The van der Waals surface area contributed by atoms with Gasteiger partial charge in [0.25, 0.3) is 0 Å². The summed E-state index contributed by atoms with van der Waals surface area (Å²) in [6.07, 6.45) is 2.18. The topological polar surface area (TPSA) is 99.7 Å². The van der Waals surface area contributed by atoms with Crippen LogP contribution in [0, 0.1) is 19.8 Å². The average Bonchev–Trinajstić information content (AvgIpc) is 3.15. The number of rotatable bonds is 6. The van der Waals surface area contributed by atoms with E-state index in [2.05, 4.69) is 5.16 Å². The SMILES string of the molecule is Cc1noc(C)c1-c1nc2c(s1)CCC(C(=O)N(CCO)CCO)C2. The molecule has 1 atom stereocenters. The molecule has 136 valence electrons. The van der Waals surface area contributed by atoms with Crippen molar-refractivity contribution in [1.29, 1.82) is 0 Å². The number of carbonyl (C=O) groups excluding carboxylic acids is 1. The highest BCUT2D eigenvalue weighted by molar-refractivity contribution is 7.15. The Morgan fingerprint density at radius 3 is 2.64 bits per heavy atom. The third-order valence-corrected chi connectivity index (χ3v) is 5.76. The number of aryl methyl sites for hydroxylation is 3. The van der Waals surface area contributed by atoms with Crippen LogP contribution in [-0.2, 0) is 17.6 Å². The summed E-state index contributed by atoms with van der Waals surface area (Å²) in [5.41, 5.74) is 2.75. The molecule has 2 aromatic heterocycles. The van der Waals surface area contributed by atoms with Gasteiger partial charge in [-0.1, -0.05) is 5.16 Å². The van der Waals surface area contributed by atoms with Gasteiger partial charge in [0.05, 0.1) is 30.2 Å². The fourth-order valence-corrected chi connectivity index (χ4v) is 4.57.